The summed E-state index contributed by atoms with van der Waals surface area (Å²) in [5.41, 5.74) is 0. The minimum Gasteiger partial charge on any atom is -0.341 e. The maximum absolute atomic E-state index is 12.2. The lowest BCUT2D eigenvalue weighted by Crippen LogP contribution is -2.53. The second-order valence-corrected chi connectivity index (χ2v) is 5.85. The van der Waals surface area contributed by atoms with Gasteiger partial charge in [0.1, 0.15) is 0 Å². The van der Waals surface area contributed by atoms with Crippen molar-refractivity contribution in [3.8, 4) is 0 Å². The fraction of sp³-hybridized carbons (Fsp3) is 0.857. The van der Waals surface area contributed by atoms with E-state index in [1.54, 1.807) is 11.9 Å². The topological polar surface area (TPSA) is 52.7 Å². The molecule has 0 aromatic heterocycles. The molecular weight excluding hydrogens is 242 g/mol. The van der Waals surface area contributed by atoms with Crippen molar-refractivity contribution in [1.82, 2.24) is 15.1 Å². The molecule has 0 spiro atoms. The average molecular weight is 267 g/mol. The van der Waals surface area contributed by atoms with Gasteiger partial charge < -0.3 is 15.1 Å². The molecule has 1 saturated carbocycles. The maximum Gasteiger partial charge on any atom is 0.242 e. The van der Waals surface area contributed by atoms with Crippen molar-refractivity contribution in [2.45, 2.75) is 38.1 Å². The minimum absolute atomic E-state index is 0.0648. The minimum atomic E-state index is 0.0648. The lowest BCUT2D eigenvalue weighted by atomic mass is 9.94. The number of rotatable bonds is 4. The monoisotopic (exact) mass is 267 g/mol. The highest BCUT2D eigenvalue weighted by molar-refractivity contribution is 5.86. The molecular formula is C14H25N3O2. The molecule has 2 aliphatic rings. The highest BCUT2D eigenvalue weighted by atomic mass is 16.2. The second-order valence-electron chi connectivity index (χ2n) is 5.85. The summed E-state index contributed by atoms with van der Waals surface area (Å²) >= 11 is 0. The zero-order valence-electron chi connectivity index (χ0n) is 12.0. The maximum atomic E-state index is 12.2. The van der Waals surface area contributed by atoms with Crippen molar-refractivity contribution in [1.29, 1.82) is 0 Å². The van der Waals surface area contributed by atoms with E-state index in [4.69, 9.17) is 0 Å². The first-order valence-electron chi connectivity index (χ1n) is 7.31. The summed E-state index contributed by atoms with van der Waals surface area (Å²) in [5.74, 6) is 0.219. The van der Waals surface area contributed by atoms with E-state index in [1.165, 1.54) is 19.3 Å². The van der Waals surface area contributed by atoms with Crippen molar-refractivity contribution in [2.75, 3.05) is 33.7 Å². The standard InChI is InChI=1S/C14H25N3O2/c1-16(14(19)11-8-15-9-11)10-13(18)17(2)12-6-4-3-5-7-12/h11-12,15H,3-10H2,1-2H3. The van der Waals surface area contributed by atoms with Gasteiger partial charge in [-0.25, -0.2) is 0 Å². The van der Waals surface area contributed by atoms with Gasteiger partial charge in [0.25, 0.3) is 0 Å². The fourth-order valence-electron chi connectivity index (χ4n) is 2.84. The summed E-state index contributed by atoms with van der Waals surface area (Å²) in [6, 6.07) is 0.370. The van der Waals surface area contributed by atoms with Gasteiger partial charge in [0.2, 0.25) is 11.8 Å². The third kappa shape index (κ3) is 3.47. The first-order valence-corrected chi connectivity index (χ1v) is 7.31. The Balaban J connectivity index is 1.80. The summed E-state index contributed by atoms with van der Waals surface area (Å²) in [6.45, 7) is 1.70. The first-order chi connectivity index (χ1) is 9.09. The molecule has 1 N–H and O–H groups in total. The summed E-state index contributed by atoms with van der Waals surface area (Å²) in [7, 11) is 3.61. The van der Waals surface area contributed by atoms with Crippen LogP contribution in [0.1, 0.15) is 32.1 Å². The molecule has 0 bridgehead atoms. The van der Waals surface area contributed by atoms with Crippen LogP contribution in [0.15, 0.2) is 0 Å². The van der Waals surface area contributed by atoms with Gasteiger partial charge in [-0.1, -0.05) is 19.3 Å². The Bertz CT molecular complexity index is 336. The van der Waals surface area contributed by atoms with E-state index < -0.39 is 0 Å². The van der Waals surface area contributed by atoms with Gasteiger partial charge >= 0.3 is 0 Å². The number of carbonyl (C=O) groups is 2. The van der Waals surface area contributed by atoms with Gasteiger partial charge in [0.05, 0.1) is 12.5 Å². The normalized spacial score (nSPS) is 20.7. The van der Waals surface area contributed by atoms with E-state index in [1.807, 2.05) is 11.9 Å². The summed E-state index contributed by atoms with van der Waals surface area (Å²) in [4.78, 5) is 27.6. The molecule has 0 radical (unpaired) electrons. The summed E-state index contributed by atoms with van der Waals surface area (Å²) in [6.07, 6.45) is 5.92. The van der Waals surface area contributed by atoms with Crippen LogP contribution in [-0.2, 0) is 9.59 Å². The van der Waals surface area contributed by atoms with Crippen molar-refractivity contribution < 1.29 is 9.59 Å². The highest BCUT2D eigenvalue weighted by Gasteiger charge is 2.29. The summed E-state index contributed by atoms with van der Waals surface area (Å²) < 4.78 is 0. The number of carbonyl (C=O) groups excluding carboxylic acids is 2. The van der Waals surface area contributed by atoms with Crippen LogP contribution in [0.5, 0.6) is 0 Å². The molecule has 5 heteroatoms. The number of nitrogens with one attached hydrogen (secondary N) is 1. The van der Waals surface area contributed by atoms with Crippen LogP contribution in [0.4, 0.5) is 0 Å². The first kappa shape index (κ1) is 14.3. The van der Waals surface area contributed by atoms with E-state index in [0.29, 0.717) is 6.04 Å². The van der Waals surface area contributed by atoms with Crippen molar-refractivity contribution in [2.24, 2.45) is 5.92 Å². The van der Waals surface area contributed by atoms with Gasteiger partial charge in [-0.15, -0.1) is 0 Å². The molecule has 0 atom stereocenters. The van der Waals surface area contributed by atoms with E-state index in [-0.39, 0.29) is 24.3 Å². The van der Waals surface area contributed by atoms with Crippen LogP contribution in [-0.4, -0.2) is 61.4 Å². The SMILES string of the molecule is CN(CC(=O)N(C)C1CCCCC1)C(=O)C1CNC1. The van der Waals surface area contributed by atoms with Crippen LogP contribution in [0, 0.1) is 5.92 Å². The number of hydrogen-bond donors (Lipinski definition) is 1. The molecule has 5 nitrogen and oxygen atoms in total. The Hall–Kier alpha value is -1.10. The smallest absolute Gasteiger partial charge is 0.242 e. The zero-order valence-corrected chi connectivity index (χ0v) is 12.0. The van der Waals surface area contributed by atoms with Crippen LogP contribution in [0.25, 0.3) is 0 Å². The molecule has 0 unspecified atom stereocenters. The van der Waals surface area contributed by atoms with E-state index in [9.17, 15) is 9.59 Å². The number of hydrogen-bond acceptors (Lipinski definition) is 3. The number of amides is 2. The molecule has 1 heterocycles. The van der Waals surface area contributed by atoms with Crippen molar-refractivity contribution in [3.05, 3.63) is 0 Å². The molecule has 0 aromatic carbocycles. The Morgan fingerprint density at radius 3 is 2.26 bits per heavy atom. The van der Waals surface area contributed by atoms with E-state index in [0.717, 1.165) is 25.9 Å². The van der Waals surface area contributed by atoms with Crippen LogP contribution in [0.2, 0.25) is 0 Å². The Morgan fingerprint density at radius 2 is 1.74 bits per heavy atom. The third-order valence-electron chi connectivity index (χ3n) is 4.40. The zero-order chi connectivity index (χ0) is 13.8. The number of nitrogens with zero attached hydrogens (tertiary/aromatic N) is 2. The van der Waals surface area contributed by atoms with Gasteiger partial charge in [0, 0.05) is 33.2 Å². The molecule has 1 aliphatic heterocycles. The molecule has 2 rings (SSSR count). The lowest BCUT2D eigenvalue weighted by molar-refractivity contribution is -0.143. The molecule has 2 fully saturated rings. The molecule has 1 saturated heterocycles. The Morgan fingerprint density at radius 1 is 1.11 bits per heavy atom. The highest BCUT2D eigenvalue weighted by Crippen LogP contribution is 2.21. The van der Waals surface area contributed by atoms with Gasteiger partial charge in [-0.3, -0.25) is 9.59 Å². The van der Waals surface area contributed by atoms with Crippen LogP contribution < -0.4 is 5.32 Å². The van der Waals surface area contributed by atoms with E-state index in [2.05, 4.69) is 5.32 Å². The second kappa shape index (κ2) is 6.37. The van der Waals surface area contributed by atoms with Crippen molar-refractivity contribution >= 4 is 11.8 Å². The molecule has 1 aliphatic carbocycles. The lowest BCUT2D eigenvalue weighted by Gasteiger charge is -2.34. The van der Waals surface area contributed by atoms with Crippen LogP contribution >= 0.6 is 0 Å². The van der Waals surface area contributed by atoms with Gasteiger partial charge in [0.15, 0.2) is 0 Å². The Kier molecular flexibility index (Phi) is 4.80. The third-order valence-corrected chi connectivity index (χ3v) is 4.40. The number of likely N-dealkylation sites (N-methyl/N-ethyl adjacent to an activating group) is 2. The average Bonchev–Trinajstić information content (AvgIpc) is 2.36. The van der Waals surface area contributed by atoms with Gasteiger partial charge in [-0.05, 0) is 12.8 Å². The Labute approximate surface area is 115 Å². The molecule has 19 heavy (non-hydrogen) atoms. The van der Waals surface area contributed by atoms with Crippen LogP contribution in [0.3, 0.4) is 0 Å². The molecule has 0 aromatic rings. The largest absolute Gasteiger partial charge is 0.341 e. The fourth-order valence-corrected chi connectivity index (χ4v) is 2.84. The molecule has 108 valence electrons. The molecule has 2 amide bonds. The predicted molar refractivity (Wildman–Crippen MR) is 73.6 cm³/mol. The quantitative estimate of drug-likeness (QED) is 0.805. The predicted octanol–water partition coefficient (Wildman–Crippen LogP) is 0.455. The van der Waals surface area contributed by atoms with Crippen molar-refractivity contribution in [3.63, 3.8) is 0 Å². The summed E-state index contributed by atoms with van der Waals surface area (Å²) in [5, 5.41) is 3.08. The van der Waals surface area contributed by atoms with Gasteiger partial charge in [-0.2, -0.15) is 0 Å². The van der Waals surface area contributed by atoms with E-state index >= 15 is 0 Å².